The van der Waals surface area contributed by atoms with E-state index in [2.05, 4.69) is 6.58 Å². The molecule has 0 spiro atoms. The fourth-order valence-electron chi connectivity index (χ4n) is 3.90. The number of nitrogens with two attached hydrogens (primary N) is 1. The molecule has 3 saturated carbocycles. The molecule has 0 radical (unpaired) electrons. The maximum atomic E-state index is 12.2. The number of halogens is 1. The Morgan fingerprint density at radius 1 is 1.58 bits per heavy atom. The number of carbonyl (C=O) groups excluding carboxylic acids is 2. The molecule has 19 heavy (non-hydrogen) atoms. The minimum atomic E-state index is -1.47. The first-order valence-electron chi connectivity index (χ1n) is 6.41. The van der Waals surface area contributed by atoms with Gasteiger partial charge in [-0.15, -0.1) is 0 Å². The van der Waals surface area contributed by atoms with Crippen molar-refractivity contribution in [1.82, 2.24) is 0 Å². The van der Waals surface area contributed by atoms with Gasteiger partial charge in [0.05, 0.1) is 0 Å². The van der Waals surface area contributed by atoms with Gasteiger partial charge in [0.2, 0.25) is 0 Å². The van der Waals surface area contributed by atoms with Crippen molar-refractivity contribution in [2.24, 2.45) is 23.5 Å². The molecule has 3 rings (SSSR count). The van der Waals surface area contributed by atoms with Crippen LogP contribution >= 0.6 is 0 Å². The number of carbonyl (C=O) groups is 2. The average Bonchev–Trinajstić information content (AvgIpc) is 2.89. The second kappa shape index (κ2) is 4.26. The Labute approximate surface area is 122 Å². The van der Waals surface area contributed by atoms with Crippen molar-refractivity contribution in [1.29, 1.82) is 0 Å². The Balaban J connectivity index is 1.71. The molecule has 6 heteroatoms. The van der Waals surface area contributed by atoms with Gasteiger partial charge in [0, 0.05) is 0 Å². The summed E-state index contributed by atoms with van der Waals surface area (Å²) in [5, 5.41) is 0. The van der Waals surface area contributed by atoms with Gasteiger partial charge >= 0.3 is 122 Å². The fourth-order valence-corrected chi connectivity index (χ4v) is 4.71. The monoisotopic (exact) mass is 378 g/mol. The first-order valence-corrected chi connectivity index (χ1v) is 8.46. The molecule has 0 saturated heterocycles. The van der Waals surface area contributed by atoms with Crippen LogP contribution in [0.5, 0.6) is 0 Å². The van der Waals surface area contributed by atoms with Crippen molar-refractivity contribution in [2.75, 3.05) is 0 Å². The number of ether oxygens (including phenoxy) is 1. The third-order valence-electron chi connectivity index (χ3n) is 4.80. The van der Waals surface area contributed by atoms with Gasteiger partial charge in [0.15, 0.2) is 0 Å². The van der Waals surface area contributed by atoms with Crippen LogP contribution in [0.3, 0.4) is 0 Å². The Hall–Kier alpha value is -0.470. The first-order chi connectivity index (χ1) is 8.95. The normalized spacial score (nSPS) is 41.8. The van der Waals surface area contributed by atoms with Crippen molar-refractivity contribution in [2.45, 2.75) is 34.8 Å². The van der Waals surface area contributed by atoms with Crippen LogP contribution in [0.15, 0.2) is 12.7 Å². The van der Waals surface area contributed by atoms with Crippen LogP contribution in [0.25, 0.3) is 0 Å². The Morgan fingerprint density at radius 2 is 2.21 bits per heavy atom. The Morgan fingerprint density at radius 3 is 2.68 bits per heavy atom. The fraction of sp³-hybridized carbons (Fsp3) is 0.692. The molecule has 0 aliphatic heterocycles. The van der Waals surface area contributed by atoms with Crippen LogP contribution in [0, 0.1) is 17.8 Å². The van der Waals surface area contributed by atoms with Gasteiger partial charge in [-0.1, -0.05) is 0 Å². The summed E-state index contributed by atoms with van der Waals surface area (Å²) in [5.74, 6) is 0.422. The van der Waals surface area contributed by atoms with E-state index in [1.54, 1.807) is 0 Å². The molecule has 106 valence electrons. The maximum absolute atomic E-state index is 12.2. The molecule has 0 aromatic heterocycles. The van der Waals surface area contributed by atoms with Crippen LogP contribution in [0.2, 0.25) is 0 Å². The number of Topliss-reactive ketones (excluding diaryl/α,β-unsaturated/α-hetero) is 1. The SMILES string of the molecule is C=CCC(N)([I-]O)C(=O)OC12CC3C(=O)C(C1)C3C2. The van der Waals surface area contributed by atoms with Crippen molar-refractivity contribution in [3.05, 3.63) is 12.7 Å². The first kappa shape index (κ1) is 13.5. The summed E-state index contributed by atoms with van der Waals surface area (Å²) < 4.78 is 13.8. The number of esters is 1. The summed E-state index contributed by atoms with van der Waals surface area (Å²) in [6.07, 6.45) is 3.83. The quantitative estimate of drug-likeness (QED) is 0.177. The molecule has 2 bridgehead atoms. The third-order valence-corrected chi connectivity index (χ3v) is 6.54. The zero-order valence-electron chi connectivity index (χ0n) is 10.5. The van der Waals surface area contributed by atoms with Crippen molar-refractivity contribution in [3.63, 3.8) is 0 Å². The third kappa shape index (κ3) is 1.80. The molecule has 0 aromatic carbocycles. The number of ketones is 1. The molecule has 5 nitrogen and oxygen atoms in total. The molecule has 0 heterocycles. The van der Waals surface area contributed by atoms with Gasteiger partial charge in [-0.3, -0.25) is 0 Å². The molecule has 3 unspecified atom stereocenters. The number of hydrogen-bond acceptors (Lipinski definition) is 5. The van der Waals surface area contributed by atoms with Crippen molar-refractivity contribution >= 4 is 11.8 Å². The Kier molecular flexibility index (Phi) is 3.03. The van der Waals surface area contributed by atoms with Gasteiger partial charge in [-0.05, 0) is 0 Å². The number of hydrogen-bond donors (Lipinski definition) is 2. The number of rotatable bonds is 5. The average molecular weight is 378 g/mol. The minimum absolute atomic E-state index is 0.0990. The van der Waals surface area contributed by atoms with Crippen LogP contribution < -0.4 is 27.4 Å². The van der Waals surface area contributed by atoms with E-state index in [4.69, 9.17) is 10.5 Å². The number of alkyl halides is 1. The number of fused-ring (bicyclic) bond motifs is 1. The predicted molar refractivity (Wildman–Crippen MR) is 62.1 cm³/mol. The summed E-state index contributed by atoms with van der Waals surface area (Å²) >= 11 is -1.47. The van der Waals surface area contributed by atoms with Crippen LogP contribution in [-0.4, -0.2) is 24.3 Å². The Bertz CT molecular complexity index is 450. The molecule has 0 aromatic rings. The van der Waals surface area contributed by atoms with E-state index < -0.39 is 36.7 Å². The summed E-state index contributed by atoms with van der Waals surface area (Å²) in [5.41, 5.74) is 5.43. The van der Waals surface area contributed by atoms with Crippen LogP contribution in [0.4, 0.5) is 0 Å². The zero-order valence-corrected chi connectivity index (χ0v) is 12.6. The summed E-state index contributed by atoms with van der Waals surface area (Å²) in [6, 6.07) is 0. The second-order valence-corrected chi connectivity index (χ2v) is 8.31. The van der Waals surface area contributed by atoms with E-state index in [-0.39, 0.29) is 18.3 Å². The molecular weight excluding hydrogens is 361 g/mol. The van der Waals surface area contributed by atoms with Crippen LogP contribution in [0.1, 0.15) is 25.7 Å². The van der Waals surface area contributed by atoms with Gasteiger partial charge < -0.3 is 0 Å². The van der Waals surface area contributed by atoms with Crippen LogP contribution in [-0.2, 0) is 14.3 Å². The van der Waals surface area contributed by atoms with E-state index in [1.165, 1.54) is 6.08 Å². The van der Waals surface area contributed by atoms with E-state index in [0.717, 1.165) is 6.42 Å². The van der Waals surface area contributed by atoms with Gasteiger partial charge in [0.1, 0.15) is 0 Å². The van der Waals surface area contributed by atoms with Gasteiger partial charge in [-0.25, -0.2) is 0 Å². The summed E-state index contributed by atoms with van der Waals surface area (Å²) in [6.45, 7) is 3.56. The molecular formula is C13H17INO4-. The predicted octanol–water partition coefficient (Wildman–Crippen LogP) is -2.88. The van der Waals surface area contributed by atoms with E-state index in [9.17, 15) is 13.0 Å². The van der Waals surface area contributed by atoms with Crippen molar-refractivity contribution in [3.8, 4) is 0 Å². The molecule has 3 aliphatic carbocycles. The van der Waals surface area contributed by atoms with Crippen molar-refractivity contribution < 1.29 is 39.4 Å². The van der Waals surface area contributed by atoms with Gasteiger partial charge in [0.25, 0.3) is 0 Å². The van der Waals surface area contributed by atoms with E-state index in [0.29, 0.717) is 24.5 Å². The second-order valence-electron chi connectivity index (χ2n) is 5.90. The molecule has 0 amide bonds. The summed E-state index contributed by atoms with van der Waals surface area (Å²) in [7, 11) is 0. The molecule has 3 fully saturated rings. The van der Waals surface area contributed by atoms with E-state index >= 15 is 0 Å². The topological polar surface area (TPSA) is 89.6 Å². The molecule has 3 aliphatic rings. The molecule has 3 atom stereocenters. The zero-order chi connectivity index (χ0) is 13.8. The molecule has 3 N–H and O–H groups in total. The standard InChI is InChI=1S/C13H17INO4/c1-2-3-13(15,14-18)11(17)19-12-4-7-8(5-12)10(16)9(7)6-12/h2,7-9,18H,1,3-6,15H2/q-1. The van der Waals surface area contributed by atoms with E-state index in [1.807, 2.05) is 0 Å². The summed E-state index contributed by atoms with van der Waals surface area (Å²) in [4.78, 5) is 23.9. The van der Waals surface area contributed by atoms with Gasteiger partial charge in [-0.2, -0.15) is 0 Å².